The zero-order valence-corrected chi connectivity index (χ0v) is 16.7. The second kappa shape index (κ2) is 7.68. The van der Waals surface area contributed by atoms with E-state index in [-0.39, 0.29) is 5.43 Å². The number of rotatable bonds is 5. The third-order valence-corrected chi connectivity index (χ3v) is 6.22. The predicted octanol–water partition coefficient (Wildman–Crippen LogP) is 3.54. The zero-order chi connectivity index (χ0) is 19.6. The van der Waals surface area contributed by atoms with E-state index >= 15 is 0 Å². The van der Waals surface area contributed by atoms with Crippen molar-refractivity contribution in [2.45, 2.75) is 13.0 Å². The Morgan fingerprint density at radius 3 is 2.59 bits per heavy atom. The average molecular weight is 394 g/mol. The predicted molar refractivity (Wildman–Crippen MR) is 121 cm³/mol. The Kier molecular flexibility index (Phi) is 4.74. The fraction of sp³-hybridized carbons (Fsp3) is 0.0833. The van der Waals surface area contributed by atoms with Crippen molar-refractivity contribution in [2.24, 2.45) is 0 Å². The SMILES string of the molecule is O=c1c2ccccc2sc2cc(C[n+]3ccn(C[B-]c4ccccc4)c3)ccc12. The highest BCUT2D eigenvalue weighted by Crippen LogP contribution is 2.25. The lowest BCUT2D eigenvalue weighted by molar-refractivity contribution is -0.687. The average Bonchev–Trinajstić information content (AvgIpc) is 3.20. The van der Waals surface area contributed by atoms with Crippen molar-refractivity contribution in [1.29, 1.82) is 0 Å². The van der Waals surface area contributed by atoms with Gasteiger partial charge in [0.25, 0.3) is 0 Å². The third-order valence-electron chi connectivity index (χ3n) is 5.09. The van der Waals surface area contributed by atoms with E-state index in [2.05, 4.69) is 71.5 Å². The number of fused-ring (bicyclic) bond motifs is 2. The first-order valence-electron chi connectivity index (χ1n) is 9.64. The van der Waals surface area contributed by atoms with E-state index in [0.717, 1.165) is 33.2 Å². The first-order chi connectivity index (χ1) is 14.3. The summed E-state index contributed by atoms with van der Waals surface area (Å²) in [6.45, 7) is 0.780. The van der Waals surface area contributed by atoms with Gasteiger partial charge in [0.1, 0.15) is 18.9 Å². The van der Waals surface area contributed by atoms with Gasteiger partial charge in [0.15, 0.2) is 5.43 Å². The van der Waals surface area contributed by atoms with Crippen molar-refractivity contribution in [3.63, 3.8) is 0 Å². The molecule has 0 saturated heterocycles. The van der Waals surface area contributed by atoms with E-state index in [0.29, 0.717) is 0 Å². The molecule has 29 heavy (non-hydrogen) atoms. The zero-order valence-electron chi connectivity index (χ0n) is 15.9. The largest absolute Gasteiger partial charge is 0.289 e. The highest BCUT2D eigenvalue weighted by Gasteiger charge is 2.08. The van der Waals surface area contributed by atoms with Gasteiger partial charge in [-0.2, -0.15) is 0 Å². The van der Waals surface area contributed by atoms with Crippen LogP contribution in [0, 0.1) is 0 Å². The summed E-state index contributed by atoms with van der Waals surface area (Å²) in [5.74, 6) is 0. The van der Waals surface area contributed by atoms with Gasteiger partial charge in [-0.05, 0) is 29.8 Å². The van der Waals surface area contributed by atoms with Crippen LogP contribution in [0.3, 0.4) is 0 Å². The normalized spacial score (nSPS) is 11.3. The molecule has 3 nitrogen and oxygen atoms in total. The molecule has 0 N–H and O–H groups in total. The summed E-state index contributed by atoms with van der Waals surface area (Å²) in [4.78, 5) is 12.7. The van der Waals surface area contributed by atoms with Crippen LogP contribution in [-0.2, 0) is 13.0 Å². The van der Waals surface area contributed by atoms with Crippen molar-refractivity contribution < 1.29 is 4.57 Å². The van der Waals surface area contributed by atoms with Crippen molar-refractivity contribution in [1.82, 2.24) is 4.57 Å². The van der Waals surface area contributed by atoms with E-state index in [1.165, 1.54) is 11.0 Å². The molecule has 140 valence electrons. The topological polar surface area (TPSA) is 25.9 Å². The molecule has 3 aromatic carbocycles. The molecule has 2 radical (unpaired) electrons. The van der Waals surface area contributed by atoms with Gasteiger partial charge in [0, 0.05) is 20.2 Å². The summed E-state index contributed by atoms with van der Waals surface area (Å²) in [7, 11) is 2.21. The molecular formula is C24H19BN2OS. The van der Waals surface area contributed by atoms with E-state index < -0.39 is 0 Å². The summed E-state index contributed by atoms with van der Waals surface area (Å²) < 4.78 is 6.42. The second-order valence-electron chi connectivity index (χ2n) is 7.16. The number of hydrogen-bond acceptors (Lipinski definition) is 2. The van der Waals surface area contributed by atoms with Gasteiger partial charge in [-0.3, -0.25) is 14.8 Å². The van der Waals surface area contributed by atoms with Gasteiger partial charge < -0.3 is 0 Å². The molecule has 0 saturated carbocycles. The van der Waals surface area contributed by atoms with Crippen molar-refractivity contribution in [3.05, 3.63) is 107 Å². The summed E-state index contributed by atoms with van der Waals surface area (Å²) in [6.07, 6.45) is 7.13. The smallest absolute Gasteiger partial charge is 0.240 e. The molecule has 2 heterocycles. The minimum Gasteiger partial charge on any atom is -0.289 e. The first-order valence-corrected chi connectivity index (χ1v) is 10.5. The molecule has 5 heteroatoms. The maximum absolute atomic E-state index is 12.7. The van der Waals surface area contributed by atoms with Crippen LogP contribution in [0.5, 0.6) is 0 Å². The first kappa shape index (κ1) is 17.9. The fourth-order valence-electron chi connectivity index (χ4n) is 3.59. The Hall–Kier alpha value is -3.18. The summed E-state index contributed by atoms with van der Waals surface area (Å²) >= 11 is 1.68. The Bertz CT molecular complexity index is 1360. The minimum absolute atomic E-state index is 0.121. The molecule has 0 fully saturated rings. The monoisotopic (exact) mass is 394 g/mol. The van der Waals surface area contributed by atoms with Crippen LogP contribution in [0.25, 0.3) is 20.2 Å². The van der Waals surface area contributed by atoms with Crippen molar-refractivity contribution >= 4 is 44.3 Å². The molecule has 0 spiro atoms. The molecule has 2 aromatic heterocycles. The Balaban J connectivity index is 1.37. The standard InChI is InChI=1S/C24H19BN2OS/c28-24-20-8-4-5-9-22(20)29-23-14-18(10-11-21(23)24)15-26-12-13-27(17-26)16-25-19-6-2-1-3-7-19/h1-14,17H,15-16H2. The van der Waals surface area contributed by atoms with Gasteiger partial charge >= 0.3 is 0 Å². The maximum atomic E-state index is 12.7. The van der Waals surface area contributed by atoms with Crippen LogP contribution in [0.2, 0.25) is 0 Å². The second-order valence-corrected chi connectivity index (χ2v) is 8.24. The molecule has 5 aromatic rings. The van der Waals surface area contributed by atoms with Crippen LogP contribution in [0.4, 0.5) is 0 Å². The van der Waals surface area contributed by atoms with Crippen molar-refractivity contribution in [2.75, 3.05) is 0 Å². The van der Waals surface area contributed by atoms with E-state index in [4.69, 9.17) is 0 Å². The molecule has 0 atom stereocenters. The number of hydrogen-bond donors (Lipinski definition) is 0. The van der Waals surface area contributed by atoms with E-state index in [9.17, 15) is 4.79 Å². The van der Waals surface area contributed by atoms with Gasteiger partial charge in [-0.25, -0.2) is 11.8 Å². The molecular weight excluding hydrogens is 375 g/mol. The molecule has 0 aliphatic carbocycles. The molecule has 5 rings (SSSR count). The van der Waals surface area contributed by atoms with Gasteiger partial charge in [0.2, 0.25) is 6.33 Å². The Morgan fingerprint density at radius 2 is 1.69 bits per heavy atom. The number of nitrogens with zero attached hydrogens (tertiary/aromatic N) is 2. The quantitative estimate of drug-likeness (QED) is 0.254. The summed E-state index contributed by atoms with van der Waals surface area (Å²) in [5, 5.41) is 1.61. The number of aromatic nitrogens is 2. The van der Waals surface area contributed by atoms with Crippen LogP contribution >= 0.6 is 11.3 Å². The Morgan fingerprint density at radius 1 is 0.897 bits per heavy atom. The van der Waals surface area contributed by atoms with Crippen LogP contribution in [-0.4, -0.2) is 11.8 Å². The van der Waals surface area contributed by atoms with Crippen LogP contribution in [0.1, 0.15) is 5.56 Å². The maximum Gasteiger partial charge on any atom is 0.240 e. The lowest BCUT2D eigenvalue weighted by atomic mass is 9.70. The molecule has 0 aliphatic rings. The lowest BCUT2D eigenvalue weighted by Gasteiger charge is -2.12. The molecule has 0 aliphatic heterocycles. The number of benzene rings is 3. The molecule has 0 unspecified atom stereocenters. The summed E-state index contributed by atoms with van der Waals surface area (Å²) in [6, 6.07) is 24.4. The fourth-order valence-corrected chi connectivity index (χ4v) is 4.73. The van der Waals surface area contributed by atoms with Gasteiger partial charge in [0.05, 0.1) is 0 Å². The minimum atomic E-state index is 0.121. The molecule has 0 amide bonds. The lowest BCUT2D eigenvalue weighted by Crippen LogP contribution is -2.32. The Labute approximate surface area is 173 Å². The summed E-state index contributed by atoms with van der Waals surface area (Å²) in [5.41, 5.74) is 2.54. The highest BCUT2D eigenvalue weighted by molar-refractivity contribution is 7.24. The van der Waals surface area contributed by atoms with E-state index in [1.54, 1.807) is 11.3 Å². The van der Waals surface area contributed by atoms with Crippen LogP contribution in [0.15, 0.2) is 96.3 Å². The van der Waals surface area contributed by atoms with Gasteiger partial charge in [-0.15, -0.1) is 23.5 Å². The van der Waals surface area contributed by atoms with Crippen molar-refractivity contribution in [3.8, 4) is 0 Å². The van der Waals surface area contributed by atoms with Crippen LogP contribution < -0.4 is 15.5 Å². The van der Waals surface area contributed by atoms with Gasteiger partial charge in [-0.1, -0.05) is 42.8 Å². The molecule has 0 bridgehead atoms. The highest BCUT2D eigenvalue weighted by atomic mass is 32.1. The number of imidazole rings is 1. The third kappa shape index (κ3) is 3.74. The van der Waals surface area contributed by atoms with E-state index in [1.807, 2.05) is 36.4 Å².